The zero-order chi connectivity index (χ0) is 12.1. The van der Waals surface area contributed by atoms with Crippen LogP contribution in [0.5, 0.6) is 0 Å². The standard InChI is InChI=1S/C12H12O4/c1-8-4-3-5-9(11(8)12(14)15)6-7-10(13)16-2/h3-7H,1-2H3,(H,14,15)/b7-6+. The van der Waals surface area contributed by atoms with Crippen LogP contribution in [0.4, 0.5) is 0 Å². The van der Waals surface area contributed by atoms with E-state index in [0.29, 0.717) is 11.1 Å². The van der Waals surface area contributed by atoms with E-state index in [1.165, 1.54) is 19.3 Å². The predicted octanol–water partition coefficient (Wildman–Crippen LogP) is 1.88. The van der Waals surface area contributed by atoms with Crippen LogP contribution in [0.15, 0.2) is 24.3 Å². The summed E-state index contributed by atoms with van der Waals surface area (Å²) in [6.45, 7) is 1.71. The van der Waals surface area contributed by atoms with E-state index in [2.05, 4.69) is 4.74 Å². The Morgan fingerprint density at radius 1 is 1.38 bits per heavy atom. The first-order valence-corrected chi connectivity index (χ1v) is 4.65. The van der Waals surface area contributed by atoms with E-state index in [4.69, 9.17) is 5.11 Å². The van der Waals surface area contributed by atoms with Gasteiger partial charge in [0.25, 0.3) is 0 Å². The molecule has 1 rings (SSSR count). The van der Waals surface area contributed by atoms with Crippen LogP contribution in [0, 0.1) is 6.92 Å². The Balaban J connectivity index is 3.14. The Bertz CT molecular complexity index is 446. The van der Waals surface area contributed by atoms with Crippen molar-refractivity contribution in [1.29, 1.82) is 0 Å². The number of carboxylic acids is 1. The van der Waals surface area contributed by atoms with Crippen LogP contribution >= 0.6 is 0 Å². The Morgan fingerprint density at radius 2 is 2.06 bits per heavy atom. The minimum absolute atomic E-state index is 0.197. The lowest BCUT2D eigenvalue weighted by molar-refractivity contribution is -0.134. The summed E-state index contributed by atoms with van der Waals surface area (Å²) in [5.74, 6) is -1.53. The van der Waals surface area contributed by atoms with Crippen molar-refractivity contribution in [2.24, 2.45) is 0 Å². The lowest BCUT2D eigenvalue weighted by Crippen LogP contribution is -2.03. The highest BCUT2D eigenvalue weighted by atomic mass is 16.5. The number of hydrogen-bond donors (Lipinski definition) is 1. The highest BCUT2D eigenvalue weighted by molar-refractivity contribution is 5.96. The van der Waals surface area contributed by atoms with Gasteiger partial charge in [0.2, 0.25) is 0 Å². The van der Waals surface area contributed by atoms with E-state index in [0.717, 1.165) is 0 Å². The third-order valence-corrected chi connectivity index (χ3v) is 2.12. The van der Waals surface area contributed by atoms with Crippen molar-refractivity contribution in [1.82, 2.24) is 0 Å². The number of ether oxygens (including phenoxy) is 1. The van der Waals surface area contributed by atoms with Crippen molar-refractivity contribution in [3.8, 4) is 0 Å². The van der Waals surface area contributed by atoms with Crippen LogP contribution in [0.1, 0.15) is 21.5 Å². The maximum Gasteiger partial charge on any atom is 0.336 e. The monoisotopic (exact) mass is 220 g/mol. The van der Waals surface area contributed by atoms with Gasteiger partial charge in [0.05, 0.1) is 12.7 Å². The molecule has 16 heavy (non-hydrogen) atoms. The van der Waals surface area contributed by atoms with Gasteiger partial charge in [-0.25, -0.2) is 9.59 Å². The van der Waals surface area contributed by atoms with Gasteiger partial charge in [0, 0.05) is 6.08 Å². The summed E-state index contributed by atoms with van der Waals surface area (Å²) in [5.41, 5.74) is 1.33. The first-order chi connectivity index (χ1) is 7.56. The van der Waals surface area contributed by atoms with Crippen molar-refractivity contribution in [3.05, 3.63) is 41.0 Å². The number of carbonyl (C=O) groups is 2. The Morgan fingerprint density at radius 3 is 2.62 bits per heavy atom. The fourth-order valence-corrected chi connectivity index (χ4v) is 1.35. The van der Waals surface area contributed by atoms with Crippen molar-refractivity contribution in [2.45, 2.75) is 6.92 Å². The average Bonchev–Trinajstić information content (AvgIpc) is 2.25. The third kappa shape index (κ3) is 2.70. The van der Waals surface area contributed by atoms with Crippen molar-refractivity contribution < 1.29 is 19.4 Å². The minimum Gasteiger partial charge on any atom is -0.478 e. The molecule has 0 radical (unpaired) electrons. The molecule has 0 aliphatic carbocycles. The van der Waals surface area contributed by atoms with Gasteiger partial charge in [-0.3, -0.25) is 0 Å². The zero-order valence-electron chi connectivity index (χ0n) is 9.06. The van der Waals surface area contributed by atoms with Crippen LogP contribution in [0.2, 0.25) is 0 Å². The quantitative estimate of drug-likeness (QED) is 0.624. The van der Waals surface area contributed by atoms with Gasteiger partial charge in [0.15, 0.2) is 0 Å². The lowest BCUT2D eigenvalue weighted by atomic mass is 10.0. The van der Waals surface area contributed by atoms with Crippen LogP contribution in [0.25, 0.3) is 6.08 Å². The normalized spacial score (nSPS) is 10.4. The highest BCUT2D eigenvalue weighted by Gasteiger charge is 2.10. The number of esters is 1. The number of carboxylic acid groups (broad SMARTS) is 1. The van der Waals surface area contributed by atoms with Gasteiger partial charge in [-0.15, -0.1) is 0 Å². The van der Waals surface area contributed by atoms with Gasteiger partial charge in [-0.05, 0) is 24.1 Å². The average molecular weight is 220 g/mol. The topological polar surface area (TPSA) is 63.6 Å². The summed E-state index contributed by atoms with van der Waals surface area (Å²) in [4.78, 5) is 21.9. The van der Waals surface area contributed by atoms with Gasteiger partial charge in [-0.1, -0.05) is 18.2 Å². The molecule has 0 amide bonds. The Hall–Kier alpha value is -2.10. The molecule has 84 valence electrons. The fourth-order valence-electron chi connectivity index (χ4n) is 1.35. The number of carbonyl (C=O) groups excluding carboxylic acids is 1. The van der Waals surface area contributed by atoms with E-state index in [1.807, 2.05) is 0 Å². The molecule has 0 aromatic heterocycles. The number of rotatable bonds is 3. The lowest BCUT2D eigenvalue weighted by Gasteiger charge is -2.04. The van der Waals surface area contributed by atoms with E-state index >= 15 is 0 Å². The molecular formula is C12H12O4. The minimum atomic E-state index is -1.01. The molecule has 0 aliphatic heterocycles. The molecule has 4 nitrogen and oxygen atoms in total. The highest BCUT2D eigenvalue weighted by Crippen LogP contribution is 2.15. The molecule has 0 saturated carbocycles. The molecule has 0 unspecified atom stereocenters. The Labute approximate surface area is 93.2 Å². The van der Waals surface area contributed by atoms with Crippen LogP contribution in [-0.2, 0) is 9.53 Å². The molecule has 0 spiro atoms. The van der Waals surface area contributed by atoms with Gasteiger partial charge < -0.3 is 9.84 Å². The molecule has 1 aromatic carbocycles. The zero-order valence-corrected chi connectivity index (χ0v) is 9.06. The van der Waals surface area contributed by atoms with E-state index in [-0.39, 0.29) is 5.56 Å². The molecule has 0 atom stereocenters. The number of aryl methyl sites for hydroxylation is 1. The first-order valence-electron chi connectivity index (χ1n) is 4.65. The van der Waals surface area contributed by atoms with Crippen molar-refractivity contribution in [2.75, 3.05) is 7.11 Å². The summed E-state index contributed by atoms with van der Waals surface area (Å²) in [6.07, 6.45) is 2.63. The van der Waals surface area contributed by atoms with E-state index < -0.39 is 11.9 Å². The summed E-state index contributed by atoms with van der Waals surface area (Å²) in [6, 6.07) is 5.08. The van der Waals surface area contributed by atoms with Crippen molar-refractivity contribution in [3.63, 3.8) is 0 Å². The first kappa shape index (κ1) is 12.0. The predicted molar refractivity (Wildman–Crippen MR) is 59.2 cm³/mol. The van der Waals surface area contributed by atoms with Crippen LogP contribution in [-0.4, -0.2) is 24.2 Å². The summed E-state index contributed by atoms with van der Waals surface area (Å²) in [5, 5.41) is 9.02. The molecule has 1 N–H and O–H groups in total. The largest absolute Gasteiger partial charge is 0.478 e. The maximum atomic E-state index is 11.0. The van der Waals surface area contributed by atoms with E-state index in [1.54, 1.807) is 25.1 Å². The second-order valence-electron chi connectivity index (χ2n) is 3.20. The molecule has 1 aromatic rings. The summed E-state index contributed by atoms with van der Waals surface area (Å²) >= 11 is 0. The number of aromatic carboxylic acids is 1. The molecule has 0 heterocycles. The number of hydrogen-bond acceptors (Lipinski definition) is 3. The molecule has 0 aliphatic rings. The second kappa shape index (κ2) is 5.11. The molecule has 0 saturated heterocycles. The van der Waals surface area contributed by atoms with Crippen LogP contribution in [0.3, 0.4) is 0 Å². The van der Waals surface area contributed by atoms with Gasteiger partial charge >= 0.3 is 11.9 Å². The summed E-state index contributed by atoms with van der Waals surface area (Å²) < 4.78 is 4.43. The third-order valence-electron chi connectivity index (χ3n) is 2.12. The SMILES string of the molecule is COC(=O)/C=C/c1cccc(C)c1C(=O)O. The molecular weight excluding hydrogens is 208 g/mol. The van der Waals surface area contributed by atoms with Gasteiger partial charge in [-0.2, -0.15) is 0 Å². The van der Waals surface area contributed by atoms with Crippen molar-refractivity contribution >= 4 is 18.0 Å². The number of benzene rings is 1. The molecule has 4 heteroatoms. The van der Waals surface area contributed by atoms with E-state index in [9.17, 15) is 9.59 Å². The van der Waals surface area contributed by atoms with Gasteiger partial charge in [0.1, 0.15) is 0 Å². The fraction of sp³-hybridized carbons (Fsp3) is 0.167. The maximum absolute atomic E-state index is 11.0. The molecule has 0 fully saturated rings. The Kier molecular flexibility index (Phi) is 3.83. The smallest absolute Gasteiger partial charge is 0.336 e. The second-order valence-corrected chi connectivity index (χ2v) is 3.20. The number of methoxy groups -OCH3 is 1. The molecule has 0 bridgehead atoms. The van der Waals surface area contributed by atoms with Crippen LogP contribution < -0.4 is 0 Å². The summed E-state index contributed by atoms with van der Waals surface area (Å²) in [7, 11) is 1.26.